The first-order valence-corrected chi connectivity index (χ1v) is 8.48. The van der Waals surface area contributed by atoms with Crippen LogP contribution in [-0.4, -0.2) is 24.1 Å². The van der Waals surface area contributed by atoms with Crippen molar-refractivity contribution in [3.8, 4) is 0 Å². The van der Waals surface area contributed by atoms with Crippen LogP contribution in [0.5, 0.6) is 0 Å². The van der Waals surface area contributed by atoms with Crippen molar-refractivity contribution in [2.24, 2.45) is 16.7 Å². The van der Waals surface area contributed by atoms with Gasteiger partial charge in [-0.3, -0.25) is 0 Å². The summed E-state index contributed by atoms with van der Waals surface area (Å²) >= 11 is 7.32. The molecular weight excluding hydrogens is 308 g/mol. The lowest BCUT2D eigenvalue weighted by molar-refractivity contribution is 0.0606. The quantitative estimate of drug-likeness (QED) is 0.844. The molecule has 3 unspecified atom stereocenters. The Morgan fingerprint density at radius 3 is 2.76 bits per heavy atom. The Bertz CT molecular complexity index is 581. The Balaban J connectivity index is 1.86. The highest BCUT2D eigenvalue weighted by Crippen LogP contribution is 2.63. The molecule has 116 valence electrons. The fourth-order valence-corrected chi connectivity index (χ4v) is 5.50. The number of hydrogen-bond acceptors (Lipinski definition) is 5. The van der Waals surface area contributed by atoms with Crippen molar-refractivity contribution in [1.29, 1.82) is 0 Å². The zero-order valence-corrected chi connectivity index (χ0v) is 14.4. The van der Waals surface area contributed by atoms with Gasteiger partial charge in [0.2, 0.25) is 0 Å². The van der Waals surface area contributed by atoms with Crippen molar-refractivity contribution in [3.05, 3.63) is 10.0 Å². The van der Waals surface area contributed by atoms with Crippen LogP contribution in [0, 0.1) is 16.7 Å². The van der Waals surface area contributed by atoms with E-state index in [1.165, 1.54) is 37.7 Å². The molecule has 1 heterocycles. The standard InChI is InChI=1S/C15H21ClN2O2S/c1-14(2)8-5-6-15(3,7-8)12(14)18-13-17-10(16)9(21-13)11(19)20-4/h8,12H,5-7H2,1-4H3,(H,17,18). The summed E-state index contributed by atoms with van der Waals surface area (Å²) in [6.45, 7) is 7.02. The average Bonchev–Trinajstić information content (AvgIpc) is 3.03. The first-order valence-electron chi connectivity index (χ1n) is 7.29. The van der Waals surface area contributed by atoms with Gasteiger partial charge >= 0.3 is 5.97 Å². The fourth-order valence-electron chi connectivity index (χ4n) is 4.37. The van der Waals surface area contributed by atoms with Crippen molar-refractivity contribution < 1.29 is 9.53 Å². The molecule has 0 radical (unpaired) electrons. The van der Waals surface area contributed by atoms with Crippen LogP contribution in [0.3, 0.4) is 0 Å². The van der Waals surface area contributed by atoms with E-state index in [0.29, 0.717) is 21.5 Å². The molecule has 4 nitrogen and oxygen atoms in total. The van der Waals surface area contributed by atoms with Gasteiger partial charge in [0.05, 0.1) is 7.11 Å². The van der Waals surface area contributed by atoms with Crippen molar-refractivity contribution >= 4 is 34.0 Å². The number of nitrogens with zero attached hydrogens (tertiary/aromatic N) is 1. The number of carbonyl (C=O) groups is 1. The molecule has 21 heavy (non-hydrogen) atoms. The van der Waals surface area contributed by atoms with Gasteiger partial charge in [0, 0.05) is 6.04 Å². The number of thiazole rings is 1. The first kappa shape index (κ1) is 15.1. The third-order valence-corrected chi connectivity index (χ3v) is 6.85. The average molecular weight is 329 g/mol. The summed E-state index contributed by atoms with van der Waals surface area (Å²) in [6.07, 6.45) is 3.83. The first-order chi connectivity index (χ1) is 9.78. The molecule has 1 N–H and O–H groups in total. The van der Waals surface area contributed by atoms with Gasteiger partial charge in [0.15, 0.2) is 15.2 Å². The van der Waals surface area contributed by atoms with Crippen LogP contribution in [-0.2, 0) is 4.74 Å². The zero-order chi connectivity index (χ0) is 15.4. The summed E-state index contributed by atoms with van der Waals surface area (Å²) in [5, 5.41) is 4.50. The summed E-state index contributed by atoms with van der Waals surface area (Å²) in [5.74, 6) is 0.333. The largest absolute Gasteiger partial charge is 0.465 e. The summed E-state index contributed by atoms with van der Waals surface area (Å²) in [7, 11) is 1.35. The summed E-state index contributed by atoms with van der Waals surface area (Å²) in [4.78, 5) is 16.3. The third kappa shape index (κ3) is 2.25. The van der Waals surface area contributed by atoms with Crippen LogP contribution in [0.25, 0.3) is 0 Å². The van der Waals surface area contributed by atoms with E-state index >= 15 is 0 Å². The molecule has 3 atom stereocenters. The number of anilines is 1. The highest BCUT2D eigenvalue weighted by molar-refractivity contribution is 7.18. The maximum atomic E-state index is 11.6. The number of rotatable bonds is 3. The lowest BCUT2D eigenvalue weighted by Crippen LogP contribution is -2.45. The van der Waals surface area contributed by atoms with Gasteiger partial charge in [-0.2, -0.15) is 0 Å². The number of ether oxygens (including phenoxy) is 1. The monoisotopic (exact) mass is 328 g/mol. The van der Waals surface area contributed by atoms with E-state index in [-0.39, 0.29) is 10.6 Å². The molecule has 3 rings (SSSR count). The normalized spacial score (nSPS) is 33.2. The van der Waals surface area contributed by atoms with Crippen molar-refractivity contribution in [3.63, 3.8) is 0 Å². The SMILES string of the molecule is COC(=O)c1sc(NC2C3(C)CCC(C3)C2(C)C)nc1Cl. The zero-order valence-electron chi connectivity index (χ0n) is 12.8. The Kier molecular flexibility index (Phi) is 3.49. The van der Waals surface area contributed by atoms with Crippen LogP contribution in [0.15, 0.2) is 0 Å². The number of fused-ring (bicyclic) bond motifs is 2. The predicted octanol–water partition coefficient (Wildman–Crippen LogP) is 4.21. The predicted molar refractivity (Wildman–Crippen MR) is 85.1 cm³/mol. The van der Waals surface area contributed by atoms with E-state index in [1.54, 1.807) is 0 Å². The lowest BCUT2D eigenvalue weighted by atomic mass is 9.68. The Labute approximate surface area is 134 Å². The molecule has 0 saturated heterocycles. The van der Waals surface area contributed by atoms with E-state index in [9.17, 15) is 4.79 Å². The number of aromatic nitrogens is 1. The molecule has 0 amide bonds. The molecule has 1 aromatic rings. The van der Waals surface area contributed by atoms with Gasteiger partial charge in [0.25, 0.3) is 0 Å². The van der Waals surface area contributed by atoms with Gasteiger partial charge in [-0.15, -0.1) is 0 Å². The second-order valence-electron chi connectivity index (χ2n) is 7.12. The molecule has 2 bridgehead atoms. The smallest absolute Gasteiger partial charge is 0.351 e. The van der Waals surface area contributed by atoms with E-state index in [2.05, 4.69) is 31.1 Å². The van der Waals surface area contributed by atoms with E-state index in [0.717, 1.165) is 5.92 Å². The molecular formula is C15H21ClN2O2S. The molecule has 0 spiro atoms. The van der Waals surface area contributed by atoms with Gasteiger partial charge in [-0.05, 0) is 36.0 Å². The molecule has 1 aromatic heterocycles. The molecule has 2 saturated carbocycles. The van der Waals surface area contributed by atoms with Gasteiger partial charge in [0.1, 0.15) is 0 Å². The van der Waals surface area contributed by atoms with Crippen molar-refractivity contribution in [2.75, 3.05) is 12.4 Å². The minimum atomic E-state index is -0.427. The molecule has 6 heteroatoms. The molecule has 0 aromatic carbocycles. The topological polar surface area (TPSA) is 51.2 Å². The number of methoxy groups -OCH3 is 1. The summed E-state index contributed by atoms with van der Waals surface area (Å²) in [5.41, 5.74) is 0.536. The Morgan fingerprint density at radius 1 is 1.48 bits per heavy atom. The van der Waals surface area contributed by atoms with Gasteiger partial charge in [-0.1, -0.05) is 43.7 Å². The second kappa shape index (κ2) is 4.85. The van der Waals surface area contributed by atoms with Crippen LogP contribution in [0.2, 0.25) is 5.15 Å². The number of carbonyl (C=O) groups excluding carboxylic acids is 1. The van der Waals surface area contributed by atoms with Crippen LogP contribution < -0.4 is 5.32 Å². The molecule has 2 aliphatic carbocycles. The van der Waals surface area contributed by atoms with Crippen molar-refractivity contribution in [1.82, 2.24) is 4.98 Å². The van der Waals surface area contributed by atoms with E-state index < -0.39 is 5.97 Å². The highest BCUT2D eigenvalue weighted by Gasteiger charge is 2.59. The molecule has 2 aliphatic rings. The highest BCUT2D eigenvalue weighted by atomic mass is 35.5. The van der Waals surface area contributed by atoms with Crippen LogP contribution in [0.1, 0.15) is 49.7 Å². The lowest BCUT2D eigenvalue weighted by Gasteiger charge is -2.43. The molecule has 2 fully saturated rings. The second-order valence-corrected chi connectivity index (χ2v) is 8.48. The fraction of sp³-hybridized carbons (Fsp3) is 0.733. The van der Waals surface area contributed by atoms with Gasteiger partial charge < -0.3 is 10.1 Å². The minimum Gasteiger partial charge on any atom is -0.465 e. The number of esters is 1. The van der Waals surface area contributed by atoms with Crippen LogP contribution >= 0.6 is 22.9 Å². The molecule has 0 aliphatic heterocycles. The van der Waals surface area contributed by atoms with E-state index in [1.807, 2.05) is 0 Å². The maximum Gasteiger partial charge on any atom is 0.351 e. The Hall–Kier alpha value is -0.810. The third-order valence-electron chi connectivity index (χ3n) is 5.49. The Morgan fingerprint density at radius 2 is 2.19 bits per heavy atom. The van der Waals surface area contributed by atoms with Gasteiger partial charge in [-0.25, -0.2) is 9.78 Å². The maximum absolute atomic E-state index is 11.6. The number of nitrogens with one attached hydrogen (secondary N) is 1. The van der Waals surface area contributed by atoms with Crippen molar-refractivity contribution in [2.45, 2.75) is 46.1 Å². The van der Waals surface area contributed by atoms with Crippen LogP contribution in [0.4, 0.5) is 5.13 Å². The number of halogens is 1. The minimum absolute atomic E-state index is 0.223. The summed E-state index contributed by atoms with van der Waals surface area (Å²) < 4.78 is 4.73. The van der Waals surface area contributed by atoms with E-state index in [4.69, 9.17) is 16.3 Å². The summed E-state index contributed by atoms with van der Waals surface area (Å²) in [6, 6.07) is 0.358. The number of hydrogen-bond donors (Lipinski definition) is 1.